The molecular formula is C22H29N5O3S. The van der Waals surface area contributed by atoms with Crippen molar-refractivity contribution < 1.29 is 14.4 Å². The second kappa shape index (κ2) is 9.47. The van der Waals surface area contributed by atoms with Gasteiger partial charge in [0.25, 0.3) is 11.8 Å². The number of nitrogens with two attached hydrogens (primary N) is 2. The number of hydrogen-bond acceptors (Lipinski definition) is 6. The fourth-order valence-electron chi connectivity index (χ4n) is 3.99. The smallest absolute Gasteiger partial charge is 0.272 e. The number of aromatic nitrogens is 1. The molecule has 0 radical (unpaired) electrons. The van der Waals surface area contributed by atoms with E-state index in [-0.39, 0.29) is 28.2 Å². The normalized spacial score (nSPS) is 14.9. The summed E-state index contributed by atoms with van der Waals surface area (Å²) in [6.07, 6.45) is 4.50. The summed E-state index contributed by atoms with van der Waals surface area (Å²) in [5, 5.41) is 3.11. The molecule has 1 aromatic heterocycles. The van der Waals surface area contributed by atoms with Crippen LogP contribution in [0, 0.1) is 13.8 Å². The minimum absolute atomic E-state index is 0.0520. The molecule has 1 fully saturated rings. The first kappa shape index (κ1) is 22.7. The van der Waals surface area contributed by atoms with E-state index in [1.807, 2.05) is 39.0 Å². The quantitative estimate of drug-likeness (QED) is 0.605. The van der Waals surface area contributed by atoms with Gasteiger partial charge >= 0.3 is 0 Å². The molecule has 1 heterocycles. The molecule has 1 saturated carbocycles. The molecule has 1 aliphatic rings. The first-order valence-electron chi connectivity index (χ1n) is 10.5. The minimum Gasteiger partial charge on any atom is -0.395 e. The number of anilines is 2. The molecule has 9 heteroatoms. The van der Waals surface area contributed by atoms with Crippen LogP contribution in [0.3, 0.4) is 0 Å². The van der Waals surface area contributed by atoms with Crippen molar-refractivity contribution in [2.24, 2.45) is 5.73 Å². The molecule has 1 aliphatic carbocycles. The second-order valence-electron chi connectivity index (χ2n) is 8.02. The lowest BCUT2D eigenvalue weighted by molar-refractivity contribution is -0.123. The van der Waals surface area contributed by atoms with Crippen molar-refractivity contribution in [2.75, 3.05) is 10.6 Å². The van der Waals surface area contributed by atoms with Gasteiger partial charge in [0.05, 0.1) is 5.69 Å². The van der Waals surface area contributed by atoms with E-state index in [1.165, 1.54) is 4.90 Å². The molecule has 0 bridgehead atoms. The summed E-state index contributed by atoms with van der Waals surface area (Å²) in [7, 11) is 0. The molecular weight excluding hydrogens is 414 g/mol. The predicted molar refractivity (Wildman–Crippen MR) is 122 cm³/mol. The number of nitrogen functional groups attached to an aromatic ring is 1. The van der Waals surface area contributed by atoms with Gasteiger partial charge in [-0.15, -0.1) is 0 Å². The van der Waals surface area contributed by atoms with E-state index >= 15 is 0 Å². The Balaban J connectivity index is 2.05. The Hall–Kier alpha value is -2.94. The lowest BCUT2D eigenvalue weighted by Crippen LogP contribution is -2.51. The molecule has 5 N–H and O–H groups in total. The summed E-state index contributed by atoms with van der Waals surface area (Å²) < 4.78 is 3.96. The molecule has 0 aliphatic heterocycles. The molecule has 1 atom stereocenters. The molecule has 31 heavy (non-hydrogen) atoms. The number of benzene rings is 1. The van der Waals surface area contributed by atoms with E-state index in [9.17, 15) is 14.4 Å². The number of nitrogens with zero attached hydrogens (tertiary/aromatic N) is 2. The van der Waals surface area contributed by atoms with Crippen molar-refractivity contribution in [2.45, 2.75) is 65.0 Å². The fraction of sp³-hybridized carbons (Fsp3) is 0.455. The first-order chi connectivity index (χ1) is 14.7. The van der Waals surface area contributed by atoms with Gasteiger partial charge in [0.2, 0.25) is 5.91 Å². The van der Waals surface area contributed by atoms with E-state index in [0.717, 1.165) is 48.3 Å². The molecule has 1 aromatic carbocycles. The van der Waals surface area contributed by atoms with E-state index in [2.05, 4.69) is 9.69 Å². The highest BCUT2D eigenvalue weighted by atomic mass is 32.1. The summed E-state index contributed by atoms with van der Waals surface area (Å²) in [6.45, 7) is 5.69. The number of carbonyl (C=O) groups is 3. The molecule has 3 rings (SSSR count). The Morgan fingerprint density at radius 2 is 1.94 bits per heavy atom. The van der Waals surface area contributed by atoms with Crippen LogP contribution < -0.4 is 21.7 Å². The average Bonchev–Trinajstić information content (AvgIpc) is 3.37. The van der Waals surface area contributed by atoms with Crippen LogP contribution in [0.2, 0.25) is 0 Å². The SMILES string of the molecule is CCC(C(=O)NC1CCCC1)N(C(=O)c1snc(C(N)=O)c1N)c1cc(C)ccc1C. The summed E-state index contributed by atoms with van der Waals surface area (Å²) in [4.78, 5) is 40.1. The van der Waals surface area contributed by atoms with Crippen LogP contribution in [0.15, 0.2) is 18.2 Å². The third-order valence-corrected chi connectivity index (χ3v) is 6.55. The van der Waals surface area contributed by atoms with E-state index in [0.29, 0.717) is 12.1 Å². The Morgan fingerprint density at radius 1 is 1.26 bits per heavy atom. The van der Waals surface area contributed by atoms with Crippen molar-refractivity contribution >= 4 is 40.6 Å². The Bertz CT molecular complexity index is 997. The molecule has 8 nitrogen and oxygen atoms in total. The highest BCUT2D eigenvalue weighted by Gasteiger charge is 2.35. The van der Waals surface area contributed by atoms with Gasteiger partial charge in [0, 0.05) is 11.7 Å². The maximum absolute atomic E-state index is 13.7. The van der Waals surface area contributed by atoms with Gasteiger partial charge in [0.1, 0.15) is 10.9 Å². The van der Waals surface area contributed by atoms with Crippen LogP contribution in [0.25, 0.3) is 0 Å². The van der Waals surface area contributed by atoms with Crippen LogP contribution in [-0.2, 0) is 4.79 Å². The van der Waals surface area contributed by atoms with Gasteiger partial charge in [-0.25, -0.2) is 0 Å². The predicted octanol–water partition coefficient (Wildman–Crippen LogP) is 2.93. The molecule has 2 aromatic rings. The third-order valence-electron chi connectivity index (χ3n) is 5.70. The molecule has 3 amide bonds. The first-order valence-corrected chi connectivity index (χ1v) is 11.3. The van der Waals surface area contributed by atoms with E-state index < -0.39 is 17.9 Å². The highest BCUT2D eigenvalue weighted by Crippen LogP contribution is 2.31. The lowest BCUT2D eigenvalue weighted by atomic mass is 10.0. The standard InChI is InChI=1S/C22H29N5O3S/c1-4-15(21(29)25-14-7-5-6-8-14)27(16-11-12(2)9-10-13(16)3)22(30)19-17(23)18(20(24)28)26-31-19/h9-11,14-15H,4-8,23H2,1-3H3,(H2,24,28)(H,25,29). The van der Waals surface area contributed by atoms with Crippen LogP contribution in [0.4, 0.5) is 11.4 Å². The molecule has 1 unspecified atom stereocenters. The monoisotopic (exact) mass is 443 g/mol. The second-order valence-corrected chi connectivity index (χ2v) is 8.79. The maximum Gasteiger partial charge on any atom is 0.272 e. The maximum atomic E-state index is 13.7. The fourth-order valence-corrected chi connectivity index (χ4v) is 4.73. The van der Waals surface area contributed by atoms with Crippen LogP contribution in [0.1, 0.15) is 70.3 Å². The summed E-state index contributed by atoms with van der Waals surface area (Å²) in [6, 6.07) is 5.15. The third kappa shape index (κ3) is 4.71. The van der Waals surface area contributed by atoms with Gasteiger partial charge in [-0.1, -0.05) is 31.9 Å². The number of primary amides is 1. The van der Waals surface area contributed by atoms with Crippen molar-refractivity contribution in [3.63, 3.8) is 0 Å². The topological polar surface area (TPSA) is 131 Å². The zero-order valence-electron chi connectivity index (χ0n) is 18.1. The Labute approximate surface area is 186 Å². The number of nitrogens with one attached hydrogen (secondary N) is 1. The van der Waals surface area contributed by atoms with Crippen LogP contribution >= 0.6 is 11.5 Å². The largest absolute Gasteiger partial charge is 0.395 e. The van der Waals surface area contributed by atoms with Gasteiger partial charge in [0.15, 0.2) is 5.69 Å². The average molecular weight is 444 g/mol. The highest BCUT2D eigenvalue weighted by molar-refractivity contribution is 7.09. The number of aryl methyl sites for hydroxylation is 2. The summed E-state index contributed by atoms with van der Waals surface area (Å²) >= 11 is 0.819. The van der Waals surface area contributed by atoms with Gasteiger partial charge in [-0.3, -0.25) is 19.3 Å². The van der Waals surface area contributed by atoms with Crippen molar-refractivity contribution in [1.82, 2.24) is 9.69 Å². The zero-order valence-corrected chi connectivity index (χ0v) is 18.9. The van der Waals surface area contributed by atoms with Crippen LogP contribution in [0.5, 0.6) is 0 Å². The van der Waals surface area contributed by atoms with E-state index in [4.69, 9.17) is 11.5 Å². The van der Waals surface area contributed by atoms with Gasteiger partial charge in [-0.05, 0) is 61.8 Å². The van der Waals surface area contributed by atoms with Crippen molar-refractivity contribution in [1.29, 1.82) is 0 Å². The van der Waals surface area contributed by atoms with Gasteiger partial charge in [-0.2, -0.15) is 4.37 Å². The summed E-state index contributed by atoms with van der Waals surface area (Å²) in [5.74, 6) is -1.46. The van der Waals surface area contributed by atoms with Gasteiger partial charge < -0.3 is 16.8 Å². The number of carbonyl (C=O) groups excluding carboxylic acids is 3. The van der Waals surface area contributed by atoms with E-state index in [1.54, 1.807) is 0 Å². The van der Waals surface area contributed by atoms with Crippen LogP contribution in [-0.4, -0.2) is 34.2 Å². The molecule has 0 spiro atoms. The minimum atomic E-state index is -0.794. The van der Waals surface area contributed by atoms with Crippen molar-refractivity contribution in [3.05, 3.63) is 39.9 Å². The zero-order chi connectivity index (χ0) is 22.7. The number of hydrogen-bond donors (Lipinski definition) is 3. The molecule has 166 valence electrons. The Kier molecular flexibility index (Phi) is 6.94. The Morgan fingerprint density at radius 3 is 2.52 bits per heavy atom. The number of rotatable bonds is 7. The lowest BCUT2D eigenvalue weighted by Gasteiger charge is -2.32. The summed E-state index contributed by atoms with van der Waals surface area (Å²) in [5.41, 5.74) is 13.6. The molecule has 0 saturated heterocycles. The van der Waals surface area contributed by atoms with Crippen molar-refractivity contribution in [3.8, 4) is 0 Å². The number of amides is 3.